The molecule has 1 aliphatic heterocycles. The lowest BCUT2D eigenvalue weighted by molar-refractivity contribution is 0.0607. The number of rotatable bonds is 4. The molecule has 0 bridgehead atoms. The second-order valence-corrected chi connectivity index (χ2v) is 5.86. The number of benzene rings is 1. The molecular formula is C19H22N2O2. The summed E-state index contributed by atoms with van der Waals surface area (Å²) in [5, 5.41) is 0. The van der Waals surface area contributed by atoms with E-state index < -0.39 is 0 Å². The van der Waals surface area contributed by atoms with Crippen molar-refractivity contribution in [2.75, 3.05) is 6.54 Å². The third kappa shape index (κ3) is 3.70. The molecule has 1 atom stereocenters. The van der Waals surface area contributed by atoms with Crippen LogP contribution in [0.5, 0.6) is 11.6 Å². The van der Waals surface area contributed by atoms with Gasteiger partial charge >= 0.3 is 0 Å². The van der Waals surface area contributed by atoms with Crippen LogP contribution < -0.4 is 4.74 Å². The second-order valence-electron chi connectivity index (χ2n) is 5.86. The van der Waals surface area contributed by atoms with E-state index in [0.717, 1.165) is 31.6 Å². The van der Waals surface area contributed by atoms with Gasteiger partial charge in [-0.05, 0) is 43.9 Å². The lowest BCUT2D eigenvalue weighted by atomic mass is 9.99. The van der Waals surface area contributed by atoms with E-state index in [0.29, 0.717) is 17.5 Å². The molecule has 0 spiro atoms. The fourth-order valence-corrected chi connectivity index (χ4v) is 3.03. The molecule has 1 aromatic heterocycles. The van der Waals surface area contributed by atoms with Crippen LogP contribution in [-0.4, -0.2) is 28.4 Å². The smallest absolute Gasteiger partial charge is 0.255 e. The van der Waals surface area contributed by atoms with Crippen molar-refractivity contribution in [3.8, 4) is 11.6 Å². The van der Waals surface area contributed by atoms with Gasteiger partial charge in [-0.15, -0.1) is 0 Å². The van der Waals surface area contributed by atoms with Gasteiger partial charge in [0.25, 0.3) is 5.91 Å². The molecule has 3 rings (SSSR count). The topological polar surface area (TPSA) is 42.4 Å². The van der Waals surface area contributed by atoms with E-state index in [1.54, 1.807) is 18.3 Å². The van der Waals surface area contributed by atoms with Crippen molar-refractivity contribution >= 4 is 5.91 Å². The molecule has 0 aliphatic carbocycles. The Morgan fingerprint density at radius 2 is 2.04 bits per heavy atom. The van der Waals surface area contributed by atoms with Gasteiger partial charge in [-0.1, -0.05) is 25.1 Å². The number of ether oxygens (including phenoxy) is 1. The minimum absolute atomic E-state index is 0.0790. The van der Waals surface area contributed by atoms with Gasteiger partial charge < -0.3 is 9.64 Å². The van der Waals surface area contributed by atoms with Gasteiger partial charge in [0.1, 0.15) is 5.75 Å². The third-order valence-electron chi connectivity index (χ3n) is 4.31. The number of aromatic nitrogens is 1. The van der Waals surface area contributed by atoms with Crippen LogP contribution in [0, 0.1) is 0 Å². The zero-order valence-corrected chi connectivity index (χ0v) is 13.4. The Labute approximate surface area is 137 Å². The Balaban J connectivity index is 1.70. The Kier molecular flexibility index (Phi) is 4.91. The van der Waals surface area contributed by atoms with Crippen LogP contribution in [-0.2, 0) is 0 Å². The summed E-state index contributed by atoms with van der Waals surface area (Å²) in [4.78, 5) is 19.0. The fourth-order valence-electron chi connectivity index (χ4n) is 3.03. The predicted molar refractivity (Wildman–Crippen MR) is 89.7 cm³/mol. The lowest BCUT2D eigenvalue weighted by Crippen LogP contribution is -2.43. The predicted octanol–water partition coefficient (Wildman–Crippen LogP) is 4.28. The molecule has 4 nitrogen and oxygen atoms in total. The van der Waals surface area contributed by atoms with Crippen molar-refractivity contribution in [3.05, 3.63) is 54.2 Å². The highest BCUT2D eigenvalue weighted by atomic mass is 16.5. The number of hydrogen-bond donors (Lipinski definition) is 0. The molecule has 1 unspecified atom stereocenters. The molecule has 1 aliphatic rings. The first-order valence-corrected chi connectivity index (χ1v) is 8.28. The van der Waals surface area contributed by atoms with Gasteiger partial charge in [-0.2, -0.15) is 0 Å². The zero-order chi connectivity index (χ0) is 16.1. The van der Waals surface area contributed by atoms with Crippen molar-refractivity contribution < 1.29 is 9.53 Å². The number of likely N-dealkylation sites (tertiary alicyclic amines) is 1. The zero-order valence-electron chi connectivity index (χ0n) is 13.4. The first-order chi connectivity index (χ1) is 11.3. The third-order valence-corrected chi connectivity index (χ3v) is 4.31. The van der Waals surface area contributed by atoms with Crippen LogP contribution in [0.3, 0.4) is 0 Å². The van der Waals surface area contributed by atoms with Crippen LogP contribution in [0.25, 0.3) is 0 Å². The first kappa shape index (κ1) is 15.5. The number of carbonyl (C=O) groups excluding carboxylic acids is 1. The van der Waals surface area contributed by atoms with E-state index in [4.69, 9.17) is 4.74 Å². The van der Waals surface area contributed by atoms with Gasteiger partial charge in [0.15, 0.2) is 0 Å². The summed E-state index contributed by atoms with van der Waals surface area (Å²) in [6, 6.07) is 13.4. The van der Waals surface area contributed by atoms with Crippen LogP contribution in [0.4, 0.5) is 0 Å². The molecule has 0 N–H and O–H groups in total. The maximum absolute atomic E-state index is 12.7. The van der Waals surface area contributed by atoms with Crippen molar-refractivity contribution in [1.82, 2.24) is 9.88 Å². The molecule has 120 valence electrons. The first-order valence-electron chi connectivity index (χ1n) is 8.28. The normalized spacial score (nSPS) is 17.8. The lowest BCUT2D eigenvalue weighted by Gasteiger charge is -2.35. The van der Waals surface area contributed by atoms with E-state index in [9.17, 15) is 4.79 Å². The SMILES string of the molecule is CCC1CCCCN1C(=O)c1ccc(Oc2ccccc2)nc1. The Bertz CT molecular complexity index is 640. The number of nitrogens with zero attached hydrogens (tertiary/aromatic N) is 2. The molecule has 2 heterocycles. The number of carbonyl (C=O) groups is 1. The molecule has 2 aromatic rings. The standard InChI is InChI=1S/C19H22N2O2/c1-2-16-8-6-7-13-21(16)19(22)15-11-12-18(20-14-15)23-17-9-4-3-5-10-17/h3-5,9-12,14,16H,2,6-8,13H2,1H3. The molecule has 4 heteroatoms. The Hall–Kier alpha value is -2.36. The van der Waals surface area contributed by atoms with Crippen LogP contribution in [0.15, 0.2) is 48.7 Å². The largest absolute Gasteiger partial charge is 0.439 e. The monoisotopic (exact) mass is 310 g/mol. The maximum atomic E-state index is 12.7. The van der Waals surface area contributed by atoms with Crippen LogP contribution in [0.1, 0.15) is 43.0 Å². The minimum atomic E-state index is 0.0790. The molecule has 23 heavy (non-hydrogen) atoms. The molecule has 0 saturated carbocycles. The van der Waals surface area contributed by atoms with Crippen molar-refractivity contribution in [3.63, 3.8) is 0 Å². The summed E-state index contributed by atoms with van der Waals surface area (Å²) in [6.07, 6.45) is 6.02. The summed E-state index contributed by atoms with van der Waals surface area (Å²) in [7, 11) is 0. The van der Waals surface area contributed by atoms with Crippen molar-refractivity contribution in [1.29, 1.82) is 0 Å². The average Bonchev–Trinajstić information content (AvgIpc) is 2.62. The van der Waals surface area contributed by atoms with Crippen LogP contribution >= 0.6 is 0 Å². The highest BCUT2D eigenvalue weighted by molar-refractivity contribution is 5.94. The number of piperidine rings is 1. The summed E-state index contributed by atoms with van der Waals surface area (Å²) in [5.74, 6) is 1.31. The van der Waals surface area contributed by atoms with Crippen molar-refractivity contribution in [2.45, 2.75) is 38.6 Å². The highest BCUT2D eigenvalue weighted by Crippen LogP contribution is 2.23. The van der Waals surface area contributed by atoms with Gasteiger partial charge in [0.2, 0.25) is 5.88 Å². The number of amides is 1. The summed E-state index contributed by atoms with van der Waals surface area (Å²) in [5.41, 5.74) is 0.630. The van der Waals surface area contributed by atoms with Crippen LogP contribution in [0.2, 0.25) is 0 Å². The quantitative estimate of drug-likeness (QED) is 0.846. The highest BCUT2D eigenvalue weighted by Gasteiger charge is 2.26. The molecule has 1 aromatic carbocycles. The van der Waals surface area contributed by atoms with E-state index in [1.807, 2.05) is 35.2 Å². The molecule has 1 amide bonds. The molecule has 1 saturated heterocycles. The molecule has 0 radical (unpaired) electrons. The number of hydrogen-bond acceptors (Lipinski definition) is 3. The maximum Gasteiger partial charge on any atom is 0.255 e. The van der Waals surface area contributed by atoms with E-state index >= 15 is 0 Å². The summed E-state index contributed by atoms with van der Waals surface area (Å²) in [6.45, 7) is 2.99. The molecule has 1 fully saturated rings. The van der Waals surface area contributed by atoms with E-state index in [-0.39, 0.29) is 5.91 Å². The van der Waals surface area contributed by atoms with Gasteiger partial charge in [0.05, 0.1) is 5.56 Å². The van der Waals surface area contributed by atoms with Gasteiger partial charge in [-0.25, -0.2) is 4.98 Å². The average molecular weight is 310 g/mol. The fraction of sp³-hybridized carbons (Fsp3) is 0.368. The van der Waals surface area contributed by atoms with Crippen molar-refractivity contribution in [2.24, 2.45) is 0 Å². The van der Waals surface area contributed by atoms with E-state index in [1.165, 1.54) is 6.42 Å². The molecular weight excluding hydrogens is 288 g/mol. The second kappa shape index (κ2) is 7.27. The number of pyridine rings is 1. The number of para-hydroxylation sites is 1. The Morgan fingerprint density at radius 3 is 2.74 bits per heavy atom. The van der Waals surface area contributed by atoms with Gasteiger partial charge in [0, 0.05) is 24.8 Å². The minimum Gasteiger partial charge on any atom is -0.439 e. The summed E-state index contributed by atoms with van der Waals surface area (Å²) < 4.78 is 5.66. The van der Waals surface area contributed by atoms with Gasteiger partial charge in [-0.3, -0.25) is 4.79 Å². The Morgan fingerprint density at radius 1 is 1.22 bits per heavy atom. The van der Waals surface area contributed by atoms with E-state index in [2.05, 4.69) is 11.9 Å². The summed E-state index contributed by atoms with van der Waals surface area (Å²) >= 11 is 0.